The van der Waals surface area contributed by atoms with Gasteiger partial charge in [-0.3, -0.25) is 9.59 Å². The predicted octanol–water partition coefficient (Wildman–Crippen LogP) is 1.25. The normalized spacial score (nSPS) is 12.0. The number of carbonyl (C=O) groups is 2. The first-order chi connectivity index (χ1) is 9.88. The molecular weight excluding hydrogens is 270 g/mol. The molecule has 0 aliphatic rings. The average Bonchev–Trinajstić information content (AvgIpc) is 2.39. The van der Waals surface area contributed by atoms with Crippen LogP contribution in [0.25, 0.3) is 0 Å². The maximum Gasteiger partial charge on any atom is 0.241 e. The van der Waals surface area contributed by atoms with E-state index in [9.17, 15) is 9.59 Å². The van der Waals surface area contributed by atoms with E-state index >= 15 is 0 Å². The molecular formula is C15H23N3O3. The van der Waals surface area contributed by atoms with Gasteiger partial charge in [0, 0.05) is 5.69 Å². The Kier molecular flexibility index (Phi) is 6.68. The summed E-state index contributed by atoms with van der Waals surface area (Å²) in [6, 6.07) is 6.35. The van der Waals surface area contributed by atoms with E-state index in [1.165, 1.54) is 0 Å². The van der Waals surface area contributed by atoms with Crippen LogP contribution in [0, 0.1) is 5.92 Å². The molecule has 0 radical (unpaired) electrons. The number of benzene rings is 1. The van der Waals surface area contributed by atoms with Gasteiger partial charge in [0.1, 0.15) is 5.75 Å². The fourth-order valence-electron chi connectivity index (χ4n) is 1.75. The van der Waals surface area contributed by atoms with Crippen LogP contribution in [-0.2, 0) is 9.59 Å². The zero-order chi connectivity index (χ0) is 15.8. The van der Waals surface area contributed by atoms with Gasteiger partial charge in [-0.25, -0.2) is 0 Å². The van der Waals surface area contributed by atoms with E-state index in [1.807, 2.05) is 13.8 Å². The number of amides is 2. The second kappa shape index (κ2) is 8.26. The lowest BCUT2D eigenvalue weighted by Crippen LogP contribution is -2.36. The summed E-state index contributed by atoms with van der Waals surface area (Å²) < 4.78 is 5.34. The van der Waals surface area contributed by atoms with Crippen LogP contribution in [-0.4, -0.2) is 24.5 Å². The van der Waals surface area contributed by atoms with Crippen LogP contribution in [0.15, 0.2) is 24.3 Å². The number of ether oxygens (including phenoxy) is 1. The number of nitrogens with two attached hydrogens (primary N) is 2. The molecule has 21 heavy (non-hydrogen) atoms. The highest BCUT2D eigenvalue weighted by atomic mass is 16.5. The van der Waals surface area contributed by atoms with Crippen molar-refractivity contribution in [3.05, 3.63) is 24.3 Å². The van der Waals surface area contributed by atoms with E-state index in [-0.39, 0.29) is 18.9 Å². The molecule has 2 amide bonds. The van der Waals surface area contributed by atoms with E-state index in [0.717, 1.165) is 0 Å². The number of primary amides is 1. The zero-order valence-corrected chi connectivity index (χ0v) is 12.5. The molecule has 1 atom stereocenters. The second-order valence-electron chi connectivity index (χ2n) is 5.31. The van der Waals surface area contributed by atoms with E-state index in [1.54, 1.807) is 24.3 Å². The Morgan fingerprint density at radius 3 is 2.38 bits per heavy atom. The maximum atomic E-state index is 11.9. The molecule has 0 heterocycles. The summed E-state index contributed by atoms with van der Waals surface area (Å²) in [6.45, 7) is 4.27. The minimum absolute atomic E-state index is 0.169. The van der Waals surface area contributed by atoms with Gasteiger partial charge in [0.2, 0.25) is 11.8 Å². The van der Waals surface area contributed by atoms with Crippen LogP contribution < -0.4 is 21.5 Å². The van der Waals surface area contributed by atoms with E-state index in [4.69, 9.17) is 16.2 Å². The van der Waals surface area contributed by atoms with Crippen molar-refractivity contribution in [2.45, 2.75) is 32.7 Å². The Morgan fingerprint density at radius 2 is 1.86 bits per heavy atom. The Hall–Kier alpha value is -2.08. The molecule has 116 valence electrons. The molecule has 0 bridgehead atoms. The lowest BCUT2D eigenvalue weighted by atomic mass is 10.0. The minimum Gasteiger partial charge on any atom is -0.493 e. The number of hydrogen-bond acceptors (Lipinski definition) is 4. The summed E-state index contributed by atoms with van der Waals surface area (Å²) in [5, 5.41) is 2.75. The van der Waals surface area contributed by atoms with Crippen LogP contribution in [0.3, 0.4) is 0 Å². The highest BCUT2D eigenvalue weighted by Crippen LogP contribution is 2.16. The SMILES string of the molecule is CC(C)CC(N)C(=O)Nc1ccc(OCCC(N)=O)cc1. The molecule has 1 aromatic carbocycles. The smallest absolute Gasteiger partial charge is 0.241 e. The Bertz CT molecular complexity index is 472. The third-order valence-corrected chi connectivity index (χ3v) is 2.80. The Labute approximate surface area is 124 Å². The highest BCUT2D eigenvalue weighted by molar-refractivity contribution is 5.94. The number of carbonyl (C=O) groups excluding carboxylic acids is 2. The summed E-state index contributed by atoms with van der Waals surface area (Å²) in [5.74, 6) is 0.372. The van der Waals surface area contributed by atoms with Crippen LogP contribution >= 0.6 is 0 Å². The van der Waals surface area contributed by atoms with Crippen molar-refractivity contribution < 1.29 is 14.3 Å². The lowest BCUT2D eigenvalue weighted by molar-refractivity contribution is -0.119. The van der Waals surface area contributed by atoms with Gasteiger partial charge in [0.15, 0.2) is 0 Å². The molecule has 0 saturated carbocycles. The number of rotatable bonds is 8. The van der Waals surface area contributed by atoms with Gasteiger partial charge in [-0.15, -0.1) is 0 Å². The third kappa shape index (κ3) is 6.76. The van der Waals surface area contributed by atoms with Gasteiger partial charge in [-0.1, -0.05) is 13.8 Å². The molecule has 5 N–H and O–H groups in total. The summed E-state index contributed by atoms with van der Waals surface area (Å²) in [6.07, 6.45) is 0.808. The fraction of sp³-hybridized carbons (Fsp3) is 0.467. The average molecular weight is 293 g/mol. The van der Waals surface area contributed by atoms with Crippen LogP contribution in [0.5, 0.6) is 5.75 Å². The van der Waals surface area contributed by atoms with Crippen molar-refractivity contribution >= 4 is 17.5 Å². The van der Waals surface area contributed by atoms with Crippen LogP contribution in [0.1, 0.15) is 26.7 Å². The third-order valence-electron chi connectivity index (χ3n) is 2.80. The summed E-state index contributed by atoms with van der Waals surface area (Å²) in [5.41, 5.74) is 11.5. The summed E-state index contributed by atoms with van der Waals surface area (Å²) in [7, 11) is 0. The van der Waals surface area contributed by atoms with Gasteiger partial charge < -0.3 is 21.5 Å². The molecule has 0 aromatic heterocycles. The van der Waals surface area contributed by atoms with Crippen molar-refractivity contribution in [3.8, 4) is 5.75 Å². The monoisotopic (exact) mass is 293 g/mol. The second-order valence-corrected chi connectivity index (χ2v) is 5.31. The van der Waals surface area contributed by atoms with Crippen molar-refractivity contribution in [2.75, 3.05) is 11.9 Å². The first kappa shape index (κ1) is 17.0. The quantitative estimate of drug-likeness (QED) is 0.670. The molecule has 1 aromatic rings. The maximum absolute atomic E-state index is 11.9. The minimum atomic E-state index is -0.517. The Balaban J connectivity index is 2.46. The fourth-order valence-corrected chi connectivity index (χ4v) is 1.75. The van der Waals surface area contributed by atoms with Gasteiger partial charge >= 0.3 is 0 Å². The molecule has 0 aliphatic heterocycles. The number of anilines is 1. The van der Waals surface area contributed by atoms with E-state index in [0.29, 0.717) is 23.8 Å². The van der Waals surface area contributed by atoms with Crippen LogP contribution in [0.4, 0.5) is 5.69 Å². The van der Waals surface area contributed by atoms with Gasteiger partial charge in [0.05, 0.1) is 19.1 Å². The van der Waals surface area contributed by atoms with Gasteiger partial charge in [-0.2, -0.15) is 0 Å². The van der Waals surface area contributed by atoms with E-state index in [2.05, 4.69) is 5.32 Å². The number of nitrogens with one attached hydrogen (secondary N) is 1. The van der Waals surface area contributed by atoms with Gasteiger partial charge in [0.25, 0.3) is 0 Å². The molecule has 0 saturated heterocycles. The Morgan fingerprint density at radius 1 is 1.24 bits per heavy atom. The van der Waals surface area contributed by atoms with Crippen molar-refractivity contribution in [2.24, 2.45) is 17.4 Å². The first-order valence-electron chi connectivity index (χ1n) is 6.96. The largest absolute Gasteiger partial charge is 0.493 e. The summed E-state index contributed by atoms with van der Waals surface area (Å²) >= 11 is 0. The molecule has 0 fully saturated rings. The molecule has 1 rings (SSSR count). The standard InChI is InChI=1S/C15H23N3O3/c1-10(2)9-13(16)15(20)18-11-3-5-12(6-4-11)21-8-7-14(17)19/h3-6,10,13H,7-9,16H2,1-2H3,(H2,17,19)(H,18,20). The zero-order valence-electron chi connectivity index (χ0n) is 12.5. The van der Waals surface area contributed by atoms with E-state index < -0.39 is 11.9 Å². The number of hydrogen-bond donors (Lipinski definition) is 3. The molecule has 6 heteroatoms. The van der Waals surface area contributed by atoms with Crippen molar-refractivity contribution in [1.82, 2.24) is 0 Å². The molecule has 0 spiro atoms. The topological polar surface area (TPSA) is 107 Å². The predicted molar refractivity (Wildman–Crippen MR) is 81.8 cm³/mol. The molecule has 6 nitrogen and oxygen atoms in total. The lowest BCUT2D eigenvalue weighted by Gasteiger charge is -2.14. The molecule has 0 aliphatic carbocycles. The van der Waals surface area contributed by atoms with Crippen molar-refractivity contribution in [3.63, 3.8) is 0 Å². The summed E-state index contributed by atoms with van der Waals surface area (Å²) in [4.78, 5) is 22.4. The van der Waals surface area contributed by atoms with Crippen LogP contribution in [0.2, 0.25) is 0 Å². The first-order valence-corrected chi connectivity index (χ1v) is 6.96. The highest BCUT2D eigenvalue weighted by Gasteiger charge is 2.14. The van der Waals surface area contributed by atoms with Crippen molar-refractivity contribution in [1.29, 1.82) is 0 Å². The van der Waals surface area contributed by atoms with Gasteiger partial charge in [-0.05, 0) is 36.6 Å². The molecule has 1 unspecified atom stereocenters.